The average molecular weight is 282 g/mol. The van der Waals surface area contributed by atoms with Gasteiger partial charge in [0.25, 0.3) is 0 Å². The fraction of sp³-hybridized carbons (Fsp3) is 0.286. The fourth-order valence-corrected chi connectivity index (χ4v) is 2.81. The van der Waals surface area contributed by atoms with Crippen molar-refractivity contribution in [1.82, 2.24) is 0 Å². The average Bonchev–Trinajstić information content (AvgIpc) is 2.82. The summed E-state index contributed by atoms with van der Waals surface area (Å²) in [5.74, 6) is 0.858. The van der Waals surface area contributed by atoms with Crippen LogP contribution in [-0.4, -0.2) is 6.61 Å². The van der Waals surface area contributed by atoms with Gasteiger partial charge >= 0.3 is 0 Å². The topological polar surface area (TPSA) is 35.2 Å². The Balaban J connectivity index is 2.26. The second-order valence-corrected chi connectivity index (χ2v) is 5.75. The van der Waals surface area contributed by atoms with Crippen LogP contribution in [-0.2, 0) is 0 Å². The predicted octanol–water partition coefficient (Wildman–Crippen LogP) is 4.24. The van der Waals surface area contributed by atoms with Crippen LogP contribution in [0.2, 0.25) is 4.34 Å². The molecular formula is C14H16ClNOS. The zero-order valence-electron chi connectivity index (χ0n) is 10.2. The van der Waals surface area contributed by atoms with Gasteiger partial charge in [0, 0.05) is 10.4 Å². The molecule has 1 aromatic carbocycles. The summed E-state index contributed by atoms with van der Waals surface area (Å²) in [5, 5.41) is 0. The SMILES string of the molecule is CCCOc1ccccc1C(N)c1ccc(Cl)s1. The number of thiophene rings is 1. The Bertz CT molecular complexity index is 512. The Morgan fingerprint density at radius 2 is 2.06 bits per heavy atom. The van der Waals surface area contributed by atoms with E-state index in [-0.39, 0.29) is 6.04 Å². The van der Waals surface area contributed by atoms with Crippen molar-refractivity contribution in [3.8, 4) is 5.75 Å². The Hall–Kier alpha value is -1.03. The number of nitrogens with two attached hydrogens (primary N) is 1. The van der Waals surface area contributed by atoms with Gasteiger partial charge in [0.2, 0.25) is 0 Å². The summed E-state index contributed by atoms with van der Waals surface area (Å²) in [4.78, 5) is 1.05. The lowest BCUT2D eigenvalue weighted by atomic mass is 10.1. The molecule has 2 aromatic rings. The lowest BCUT2D eigenvalue weighted by Crippen LogP contribution is -2.12. The minimum absolute atomic E-state index is 0.185. The molecule has 1 heterocycles. The molecule has 2 N–H and O–H groups in total. The third-order valence-corrected chi connectivity index (χ3v) is 3.93. The monoisotopic (exact) mass is 281 g/mol. The van der Waals surface area contributed by atoms with Crippen LogP contribution in [0.5, 0.6) is 5.75 Å². The van der Waals surface area contributed by atoms with E-state index in [1.807, 2.05) is 36.4 Å². The number of hydrogen-bond donors (Lipinski definition) is 1. The normalized spacial score (nSPS) is 12.4. The van der Waals surface area contributed by atoms with E-state index >= 15 is 0 Å². The van der Waals surface area contributed by atoms with Crippen molar-refractivity contribution in [2.45, 2.75) is 19.4 Å². The summed E-state index contributed by atoms with van der Waals surface area (Å²) >= 11 is 7.46. The molecule has 0 amide bonds. The van der Waals surface area contributed by atoms with Gasteiger partial charge in [0.1, 0.15) is 5.75 Å². The molecule has 0 aliphatic carbocycles. The summed E-state index contributed by atoms with van der Waals surface area (Å²) in [5.41, 5.74) is 7.28. The first-order chi connectivity index (χ1) is 8.72. The Morgan fingerprint density at radius 3 is 2.72 bits per heavy atom. The summed E-state index contributed by atoms with van der Waals surface area (Å²) < 4.78 is 6.48. The van der Waals surface area contributed by atoms with Crippen LogP contribution in [0.25, 0.3) is 0 Å². The zero-order valence-corrected chi connectivity index (χ0v) is 11.8. The van der Waals surface area contributed by atoms with Gasteiger partial charge in [0.15, 0.2) is 0 Å². The van der Waals surface area contributed by atoms with Crippen LogP contribution >= 0.6 is 22.9 Å². The first-order valence-corrected chi connectivity index (χ1v) is 7.14. The van der Waals surface area contributed by atoms with E-state index in [4.69, 9.17) is 22.1 Å². The standard InChI is InChI=1S/C14H16ClNOS/c1-2-9-17-11-6-4-3-5-10(11)14(16)12-7-8-13(15)18-12/h3-8,14H,2,9,16H2,1H3. The smallest absolute Gasteiger partial charge is 0.124 e. The quantitative estimate of drug-likeness (QED) is 0.890. The second-order valence-electron chi connectivity index (χ2n) is 4.01. The summed E-state index contributed by atoms with van der Waals surface area (Å²) in [6.45, 7) is 2.79. The van der Waals surface area contributed by atoms with Crippen LogP contribution in [0.3, 0.4) is 0 Å². The lowest BCUT2D eigenvalue weighted by molar-refractivity contribution is 0.313. The molecular weight excluding hydrogens is 266 g/mol. The van der Waals surface area contributed by atoms with Crippen LogP contribution in [0.1, 0.15) is 29.8 Å². The Kier molecular flexibility index (Phi) is 4.64. The predicted molar refractivity (Wildman–Crippen MR) is 77.6 cm³/mol. The molecule has 1 unspecified atom stereocenters. The molecule has 1 atom stereocenters. The highest BCUT2D eigenvalue weighted by Crippen LogP contribution is 2.33. The number of hydrogen-bond acceptors (Lipinski definition) is 3. The van der Waals surface area contributed by atoms with Gasteiger partial charge in [-0.25, -0.2) is 0 Å². The molecule has 4 heteroatoms. The van der Waals surface area contributed by atoms with Crippen molar-refractivity contribution in [2.75, 3.05) is 6.61 Å². The maximum atomic E-state index is 6.27. The number of benzene rings is 1. The van der Waals surface area contributed by atoms with Crippen LogP contribution in [0.15, 0.2) is 36.4 Å². The minimum atomic E-state index is -0.185. The number of rotatable bonds is 5. The van der Waals surface area contributed by atoms with E-state index < -0.39 is 0 Å². The van der Waals surface area contributed by atoms with E-state index in [1.54, 1.807) is 0 Å². The van der Waals surface area contributed by atoms with Crippen molar-refractivity contribution in [3.05, 3.63) is 51.2 Å². The number of para-hydroxylation sites is 1. The highest BCUT2D eigenvalue weighted by molar-refractivity contribution is 7.16. The molecule has 0 saturated carbocycles. The minimum Gasteiger partial charge on any atom is -0.493 e. The van der Waals surface area contributed by atoms with Crippen molar-refractivity contribution >= 4 is 22.9 Å². The molecule has 0 aliphatic heterocycles. The van der Waals surface area contributed by atoms with Crippen molar-refractivity contribution in [2.24, 2.45) is 5.73 Å². The van der Waals surface area contributed by atoms with Gasteiger partial charge in [-0.15, -0.1) is 11.3 Å². The van der Waals surface area contributed by atoms with E-state index in [0.29, 0.717) is 6.61 Å². The third-order valence-electron chi connectivity index (χ3n) is 2.62. The highest BCUT2D eigenvalue weighted by Gasteiger charge is 2.15. The zero-order chi connectivity index (χ0) is 13.0. The molecule has 0 bridgehead atoms. The lowest BCUT2D eigenvalue weighted by Gasteiger charge is -2.15. The van der Waals surface area contributed by atoms with E-state index in [9.17, 15) is 0 Å². The molecule has 2 rings (SSSR count). The number of ether oxygens (including phenoxy) is 1. The van der Waals surface area contributed by atoms with Gasteiger partial charge in [-0.3, -0.25) is 0 Å². The molecule has 0 spiro atoms. The molecule has 0 saturated heterocycles. The molecule has 0 fully saturated rings. The van der Waals surface area contributed by atoms with E-state index in [2.05, 4.69) is 6.92 Å². The summed E-state index contributed by atoms with van der Waals surface area (Å²) in [6.07, 6.45) is 0.981. The molecule has 1 aromatic heterocycles. The van der Waals surface area contributed by atoms with Gasteiger partial charge < -0.3 is 10.5 Å². The van der Waals surface area contributed by atoms with Crippen molar-refractivity contribution in [3.63, 3.8) is 0 Å². The summed E-state index contributed by atoms with van der Waals surface area (Å²) in [6, 6.07) is 11.6. The highest BCUT2D eigenvalue weighted by atomic mass is 35.5. The van der Waals surface area contributed by atoms with Crippen molar-refractivity contribution < 1.29 is 4.74 Å². The first kappa shape index (κ1) is 13.4. The van der Waals surface area contributed by atoms with Crippen molar-refractivity contribution in [1.29, 1.82) is 0 Å². The first-order valence-electron chi connectivity index (χ1n) is 5.95. The van der Waals surface area contributed by atoms with E-state index in [1.165, 1.54) is 11.3 Å². The maximum absolute atomic E-state index is 6.27. The molecule has 96 valence electrons. The molecule has 2 nitrogen and oxygen atoms in total. The van der Waals surface area contributed by atoms with E-state index in [0.717, 1.165) is 26.9 Å². The summed E-state index contributed by atoms with van der Waals surface area (Å²) in [7, 11) is 0. The maximum Gasteiger partial charge on any atom is 0.124 e. The Morgan fingerprint density at radius 1 is 1.28 bits per heavy atom. The molecule has 0 radical (unpaired) electrons. The van der Waals surface area contributed by atoms with Gasteiger partial charge in [-0.1, -0.05) is 36.7 Å². The van der Waals surface area contributed by atoms with Crippen LogP contribution in [0, 0.1) is 0 Å². The van der Waals surface area contributed by atoms with Gasteiger partial charge in [-0.2, -0.15) is 0 Å². The third kappa shape index (κ3) is 3.05. The molecule has 0 aliphatic rings. The number of halogens is 1. The fourth-order valence-electron chi connectivity index (χ4n) is 1.73. The van der Waals surface area contributed by atoms with Gasteiger partial charge in [-0.05, 0) is 24.6 Å². The molecule has 18 heavy (non-hydrogen) atoms. The van der Waals surface area contributed by atoms with Crippen LogP contribution in [0.4, 0.5) is 0 Å². The van der Waals surface area contributed by atoms with Crippen LogP contribution < -0.4 is 10.5 Å². The second kappa shape index (κ2) is 6.23. The van der Waals surface area contributed by atoms with Gasteiger partial charge in [0.05, 0.1) is 17.0 Å². The largest absolute Gasteiger partial charge is 0.493 e. The Labute approximate surface area is 116 Å².